The molecule has 74 valence electrons. The van der Waals surface area contributed by atoms with E-state index in [9.17, 15) is 8.76 Å². The number of aliphatic hydroxyl groups is 1. The predicted molar refractivity (Wildman–Crippen MR) is 40.8 cm³/mol. The molecule has 8 heteroatoms. The van der Waals surface area contributed by atoms with Gasteiger partial charge in [-0.2, -0.15) is 0 Å². The molecule has 0 aliphatic rings. The summed E-state index contributed by atoms with van der Waals surface area (Å²) in [5, 5.41) is 15.8. The van der Waals surface area contributed by atoms with Crippen molar-refractivity contribution in [3.8, 4) is 0 Å². The quantitative estimate of drug-likeness (QED) is 0.593. The zero-order chi connectivity index (χ0) is 9.68. The minimum Gasteiger partial charge on any atom is -0.750 e. The number of nitrogens with zero attached hydrogens (tertiary/aromatic N) is 3. The third-order valence-corrected chi connectivity index (χ3v) is 1.61. The van der Waals surface area contributed by atoms with E-state index in [1.807, 2.05) is 0 Å². The number of hydrogen-bond acceptors (Lipinski definition) is 6. The van der Waals surface area contributed by atoms with E-state index in [2.05, 4.69) is 14.5 Å². The van der Waals surface area contributed by atoms with Gasteiger partial charge in [-0.3, -0.25) is 4.18 Å². The molecule has 0 aliphatic heterocycles. The Kier molecular flexibility index (Phi) is 3.96. The van der Waals surface area contributed by atoms with Crippen molar-refractivity contribution >= 4 is 11.4 Å². The fraction of sp³-hybridized carbons (Fsp3) is 0.600. The third kappa shape index (κ3) is 3.59. The maximum atomic E-state index is 9.94. The van der Waals surface area contributed by atoms with Crippen LogP contribution >= 0.6 is 0 Å². The van der Waals surface area contributed by atoms with Crippen LogP contribution < -0.4 is 0 Å². The molecule has 0 saturated carbocycles. The highest BCUT2D eigenvalue weighted by molar-refractivity contribution is 7.74. The maximum Gasteiger partial charge on any atom is 0.108 e. The molecule has 1 heterocycles. The lowest BCUT2D eigenvalue weighted by Crippen LogP contribution is -2.07. The molecule has 0 aliphatic carbocycles. The molecule has 7 nitrogen and oxygen atoms in total. The third-order valence-electron chi connectivity index (χ3n) is 1.25. The number of aliphatic hydroxyl groups excluding tert-OH is 1. The minimum atomic E-state index is -2.50. The molecule has 1 atom stereocenters. The van der Waals surface area contributed by atoms with Crippen molar-refractivity contribution in [1.82, 2.24) is 15.0 Å². The summed E-state index contributed by atoms with van der Waals surface area (Å²) in [6.45, 7) is 0.0969. The van der Waals surface area contributed by atoms with Gasteiger partial charge in [-0.25, -0.2) is 8.89 Å². The lowest BCUT2D eigenvalue weighted by Gasteiger charge is -2.04. The van der Waals surface area contributed by atoms with Crippen LogP contribution in [0.2, 0.25) is 0 Å². The molecular weight excluding hydrogens is 198 g/mol. The molecule has 0 fully saturated rings. The van der Waals surface area contributed by atoms with E-state index in [4.69, 9.17) is 5.11 Å². The van der Waals surface area contributed by atoms with Crippen molar-refractivity contribution in [1.29, 1.82) is 0 Å². The van der Waals surface area contributed by atoms with E-state index < -0.39 is 11.4 Å². The second kappa shape index (κ2) is 5.02. The van der Waals surface area contributed by atoms with E-state index in [1.54, 1.807) is 0 Å². The molecule has 0 bridgehead atoms. The van der Waals surface area contributed by atoms with E-state index in [0.717, 1.165) is 0 Å². The van der Waals surface area contributed by atoms with Crippen molar-refractivity contribution in [3.63, 3.8) is 0 Å². The van der Waals surface area contributed by atoms with Crippen LogP contribution in [0.5, 0.6) is 0 Å². The molecule has 13 heavy (non-hydrogen) atoms. The molecule has 0 saturated heterocycles. The molecule has 0 radical (unpaired) electrons. The predicted octanol–water partition coefficient (Wildman–Crippen LogP) is -1.42. The first-order valence-electron chi connectivity index (χ1n) is 3.45. The van der Waals surface area contributed by atoms with Crippen LogP contribution in [-0.2, 0) is 28.7 Å². The van der Waals surface area contributed by atoms with Gasteiger partial charge in [-0.05, 0) is 0 Å². The van der Waals surface area contributed by atoms with Gasteiger partial charge in [0.25, 0.3) is 0 Å². The van der Waals surface area contributed by atoms with Gasteiger partial charge in [0.2, 0.25) is 0 Å². The molecule has 0 aromatic carbocycles. The summed E-state index contributed by atoms with van der Waals surface area (Å²) in [6, 6.07) is 0. The second-order valence-corrected chi connectivity index (χ2v) is 2.80. The Bertz CT molecular complexity index is 289. The first kappa shape index (κ1) is 10.3. The molecule has 0 amide bonds. The number of rotatable bonds is 5. The molecule has 1 rings (SSSR count). The van der Waals surface area contributed by atoms with Gasteiger partial charge in [0, 0.05) is 0 Å². The van der Waals surface area contributed by atoms with Crippen LogP contribution in [0.15, 0.2) is 6.20 Å². The average Bonchev–Trinajstić information content (AvgIpc) is 2.52. The standard InChI is InChI=1S/C5H9N3O4S/c9-4-5-3-8(7-6-5)1-2-12-13(10)11/h3,9H,1-2,4H2,(H,10,11)/p-1. The molecular formula is C5H8N3O4S-. The highest BCUT2D eigenvalue weighted by atomic mass is 32.2. The summed E-state index contributed by atoms with van der Waals surface area (Å²) in [5.41, 5.74) is 0.434. The fourth-order valence-corrected chi connectivity index (χ4v) is 0.930. The van der Waals surface area contributed by atoms with Crippen LogP contribution in [0.1, 0.15) is 5.69 Å². The van der Waals surface area contributed by atoms with Crippen LogP contribution in [0, 0.1) is 0 Å². The van der Waals surface area contributed by atoms with E-state index in [0.29, 0.717) is 5.69 Å². The SMILES string of the molecule is O=S([O-])OCCn1cc(CO)nn1. The van der Waals surface area contributed by atoms with Gasteiger partial charge in [-0.15, -0.1) is 5.10 Å². The van der Waals surface area contributed by atoms with Crippen molar-refractivity contribution in [2.75, 3.05) is 6.61 Å². The Hall–Kier alpha value is -0.830. The first-order chi connectivity index (χ1) is 6.22. The Balaban J connectivity index is 2.32. The van der Waals surface area contributed by atoms with Crippen LogP contribution in [-0.4, -0.2) is 35.5 Å². The Morgan fingerprint density at radius 2 is 2.54 bits per heavy atom. The molecule has 1 aromatic heterocycles. The lowest BCUT2D eigenvalue weighted by molar-refractivity contribution is 0.275. The fourth-order valence-electron chi connectivity index (χ4n) is 0.719. The van der Waals surface area contributed by atoms with Crippen molar-refractivity contribution < 1.29 is 18.1 Å². The van der Waals surface area contributed by atoms with Gasteiger partial charge in [0.1, 0.15) is 5.69 Å². The second-order valence-electron chi connectivity index (χ2n) is 2.16. The summed E-state index contributed by atoms with van der Waals surface area (Å²) in [7, 11) is 0. The summed E-state index contributed by atoms with van der Waals surface area (Å²) in [5.74, 6) is 0. The molecule has 0 spiro atoms. The van der Waals surface area contributed by atoms with Crippen molar-refractivity contribution in [2.45, 2.75) is 13.2 Å². The normalized spacial score (nSPS) is 13.1. The van der Waals surface area contributed by atoms with Crippen LogP contribution in [0.4, 0.5) is 0 Å². The largest absolute Gasteiger partial charge is 0.750 e. The average molecular weight is 206 g/mol. The van der Waals surface area contributed by atoms with Gasteiger partial charge in [0.15, 0.2) is 0 Å². The van der Waals surface area contributed by atoms with Gasteiger partial charge in [0.05, 0.1) is 37.3 Å². The monoisotopic (exact) mass is 206 g/mol. The topological polar surface area (TPSA) is 100 Å². The van der Waals surface area contributed by atoms with Gasteiger partial charge in [-0.1, -0.05) is 5.21 Å². The zero-order valence-corrected chi connectivity index (χ0v) is 7.44. The summed E-state index contributed by atoms with van der Waals surface area (Å²) >= 11 is -2.50. The summed E-state index contributed by atoms with van der Waals surface area (Å²) in [6.07, 6.45) is 1.51. The van der Waals surface area contributed by atoms with Crippen molar-refractivity contribution in [2.24, 2.45) is 0 Å². The summed E-state index contributed by atoms with van der Waals surface area (Å²) in [4.78, 5) is 0. The van der Waals surface area contributed by atoms with Gasteiger partial charge >= 0.3 is 0 Å². The highest BCUT2D eigenvalue weighted by Crippen LogP contribution is 1.92. The maximum absolute atomic E-state index is 9.94. The van der Waals surface area contributed by atoms with E-state index in [1.165, 1.54) is 10.9 Å². The van der Waals surface area contributed by atoms with Crippen molar-refractivity contribution in [3.05, 3.63) is 11.9 Å². The number of aromatic nitrogens is 3. The number of hydrogen-bond donors (Lipinski definition) is 1. The van der Waals surface area contributed by atoms with Gasteiger partial charge < -0.3 is 9.66 Å². The minimum absolute atomic E-state index is 0.00431. The lowest BCUT2D eigenvalue weighted by atomic mass is 10.5. The Labute approximate surface area is 76.8 Å². The molecule has 1 aromatic rings. The van der Waals surface area contributed by atoms with Crippen LogP contribution in [0.25, 0.3) is 0 Å². The van der Waals surface area contributed by atoms with E-state index >= 15 is 0 Å². The first-order valence-corrected chi connectivity index (χ1v) is 4.45. The smallest absolute Gasteiger partial charge is 0.108 e. The highest BCUT2D eigenvalue weighted by Gasteiger charge is 1.98. The summed E-state index contributed by atoms with van der Waals surface area (Å²) < 4.78 is 25.5. The molecule has 1 N–H and O–H groups in total. The Morgan fingerprint density at radius 3 is 3.08 bits per heavy atom. The van der Waals surface area contributed by atoms with Crippen LogP contribution in [0.3, 0.4) is 0 Å². The zero-order valence-electron chi connectivity index (χ0n) is 6.62. The Morgan fingerprint density at radius 1 is 1.77 bits per heavy atom. The van der Waals surface area contributed by atoms with E-state index in [-0.39, 0.29) is 19.8 Å². The molecule has 1 unspecified atom stereocenters.